The normalized spacial score (nSPS) is 21.8. The van der Waals surface area contributed by atoms with E-state index in [1.54, 1.807) is 13.2 Å². The molecule has 1 aliphatic rings. The van der Waals surface area contributed by atoms with Crippen LogP contribution in [0.5, 0.6) is 11.5 Å². The van der Waals surface area contributed by atoms with Crippen LogP contribution in [0.2, 0.25) is 0 Å². The van der Waals surface area contributed by atoms with Crippen LogP contribution >= 0.6 is 0 Å². The van der Waals surface area contributed by atoms with Gasteiger partial charge in [-0.1, -0.05) is 37.3 Å². The second-order valence-electron chi connectivity index (χ2n) is 5.75. The second-order valence-corrected chi connectivity index (χ2v) is 5.75. The van der Waals surface area contributed by atoms with E-state index in [1.807, 2.05) is 30.3 Å². The summed E-state index contributed by atoms with van der Waals surface area (Å²) in [4.78, 5) is 0. The Kier molecular flexibility index (Phi) is 3.84. The smallest absolute Gasteiger partial charge is 0.124 e. The number of methoxy groups -OCH3 is 1. The highest BCUT2D eigenvalue weighted by Gasteiger charge is 2.35. The summed E-state index contributed by atoms with van der Waals surface area (Å²) in [6, 6.07) is 16.3. The number of ether oxygens (including phenoxy) is 1. The molecule has 2 aromatic rings. The van der Waals surface area contributed by atoms with Gasteiger partial charge in [-0.3, -0.25) is 0 Å². The molecule has 2 N–H and O–H groups in total. The van der Waals surface area contributed by atoms with Gasteiger partial charge in [0.1, 0.15) is 11.5 Å². The molecule has 1 fully saturated rings. The van der Waals surface area contributed by atoms with Crippen LogP contribution in [0.4, 0.5) is 0 Å². The number of benzene rings is 2. The van der Waals surface area contributed by atoms with Crippen molar-refractivity contribution in [3.05, 3.63) is 59.7 Å². The Bertz CT molecular complexity index is 612. The summed E-state index contributed by atoms with van der Waals surface area (Å²) in [5.41, 5.74) is 2.05. The van der Waals surface area contributed by atoms with E-state index in [4.69, 9.17) is 4.74 Å². The molecule has 1 saturated carbocycles. The van der Waals surface area contributed by atoms with Crippen LogP contribution in [0.15, 0.2) is 48.5 Å². The van der Waals surface area contributed by atoms with Crippen molar-refractivity contribution in [2.24, 2.45) is 5.92 Å². The van der Waals surface area contributed by atoms with Crippen LogP contribution in [0.3, 0.4) is 0 Å². The molecule has 0 amide bonds. The standard InChI is InChI=1S/C18H21NO2/c1-12-10-16(12)19-18(13-6-4-3-5-7-13)15-9-8-14(21-2)11-17(15)20/h3-9,11-12,16,18-20H,10H2,1-2H3. The van der Waals surface area contributed by atoms with Crippen molar-refractivity contribution >= 4 is 0 Å². The average Bonchev–Trinajstić information content (AvgIpc) is 3.21. The Morgan fingerprint density at radius 2 is 1.90 bits per heavy atom. The maximum Gasteiger partial charge on any atom is 0.124 e. The van der Waals surface area contributed by atoms with Gasteiger partial charge in [0.2, 0.25) is 0 Å². The van der Waals surface area contributed by atoms with Gasteiger partial charge in [-0.25, -0.2) is 0 Å². The number of phenols is 1. The van der Waals surface area contributed by atoms with E-state index in [1.165, 1.54) is 6.42 Å². The monoisotopic (exact) mass is 283 g/mol. The SMILES string of the molecule is COc1ccc(C(NC2CC2C)c2ccccc2)c(O)c1. The van der Waals surface area contributed by atoms with Crippen LogP contribution in [0, 0.1) is 5.92 Å². The molecular formula is C18H21NO2. The second kappa shape index (κ2) is 5.78. The summed E-state index contributed by atoms with van der Waals surface area (Å²) in [5.74, 6) is 1.64. The van der Waals surface area contributed by atoms with Crippen molar-refractivity contribution in [2.75, 3.05) is 7.11 Å². The quantitative estimate of drug-likeness (QED) is 0.882. The van der Waals surface area contributed by atoms with Gasteiger partial charge in [-0.15, -0.1) is 0 Å². The Labute approximate surface area is 125 Å². The number of aromatic hydroxyl groups is 1. The number of nitrogens with one attached hydrogen (secondary N) is 1. The predicted octanol–water partition coefficient (Wildman–Crippen LogP) is 3.49. The first-order chi connectivity index (χ1) is 10.2. The molecule has 0 bridgehead atoms. The van der Waals surface area contributed by atoms with E-state index in [9.17, 15) is 5.11 Å². The van der Waals surface area contributed by atoms with Crippen LogP contribution in [0.1, 0.15) is 30.5 Å². The number of rotatable bonds is 5. The minimum absolute atomic E-state index is 0.00653. The Balaban J connectivity index is 1.94. The summed E-state index contributed by atoms with van der Waals surface area (Å²) in [7, 11) is 1.60. The summed E-state index contributed by atoms with van der Waals surface area (Å²) in [5, 5.41) is 14.0. The van der Waals surface area contributed by atoms with Crippen molar-refractivity contribution < 1.29 is 9.84 Å². The molecule has 1 aliphatic carbocycles. The van der Waals surface area contributed by atoms with E-state index < -0.39 is 0 Å². The zero-order valence-electron chi connectivity index (χ0n) is 12.4. The Morgan fingerprint density at radius 3 is 2.48 bits per heavy atom. The summed E-state index contributed by atoms with van der Waals surface area (Å²) in [6.07, 6.45) is 1.19. The summed E-state index contributed by atoms with van der Waals surface area (Å²) >= 11 is 0. The van der Waals surface area contributed by atoms with E-state index in [0.717, 1.165) is 11.1 Å². The molecule has 2 aromatic carbocycles. The maximum atomic E-state index is 10.3. The number of hydrogen-bond acceptors (Lipinski definition) is 3. The van der Waals surface area contributed by atoms with Gasteiger partial charge < -0.3 is 15.2 Å². The van der Waals surface area contributed by atoms with Gasteiger partial charge in [0, 0.05) is 17.7 Å². The van der Waals surface area contributed by atoms with Crippen LogP contribution in [-0.4, -0.2) is 18.3 Å². The minimum atomic E-state index is 0.00653. The van der Waals surface area contributed by atoms with Crippen LogP contribution in [-0.2, 0) is 0 Å². The molecule has 0 heterocycles. The molecule has 3 atom stereocenters. The van der Waals surface area contributed by atoms with E-state index in [0.29, 0.717) is 17.7 Å². The first-order valence-corrected chi connectivity index (χ1v) is 7.37. The first-order valence-electron chi connectivity index (χ1n) is 7.37. The highest BCUT2D eigenvalue weighted by atomic mass is 16.5. The maximum absolute atomic E-state index is 10.3. The fraction of sp³-hybridized carbons (Fsp3) is 0.333. The van der Waals surface area contributed by atoms with E-state index in [-0.39, 0.29) is 11.8 Å². The third-order valence-corrected chi connectivity index (χ3v) is 4.17. The third kappa shape index (κ3) is 3.03. The average molecular weight is 283 g/mol. The number of hydrogen-bond donors (Lipinski definition) is 2. The molecule has 0 spiro atoms. The van der Waals surface area contributed by atoms with Gasteiger partial charge in [-0.05, 0) is 30.0 Å². The Morgan fingerprint density at radius 1 is 1.19 bits per heavy atom. The minimum Gasteiger partial charge on any atom is -0.507 e. The third-order valence-electron chi connectivity index (χ3n) is 4.17. The lowest BCUT2D eigenvalue weighted by molar-refractivity contribution is 0.404. The molecule has 3 nitrogen and oxygen atoms in total. The molecule has 0 aromatic heterocycles. The van der Waals surface area contributed by atoms with Crippen molar-refractivity contribution in [2.45, 2.75) is 25.4 Å². The van der Waals surface area contributed by atoms with Crippen LogP contribution in [0.25, 0.3) is 0 Å². The first kappa shape index (κ1) is 14.0. The zero-order valence-corrected chi connectivity index (χ0v) is 12.4. The van der Waals surface area contributed by atoms with Crippen molar-refractivity contribution in [3.63, 3.8) is 0 Å². The lowest BCUT2D eigenvalue weighted by Gasteiger charge is -2.21. The van der Waals surface area contributed by atoms with Crippen molar-refractivity contribution in [1.29, 1.82) is 0 Å². The highest BCUT2D eigenvalue weighted by Crippen LogP contribution is 2.37. The van der Waals surface area contributed by atoms with E-state index in [2.05, 4.69) is 24.4 Å². The topological polar surface area (TPSA) is 41.5 Å². The van der Waals surface area contributed by atoms with Gasteiger partial charge in [-0.2, -0.15) is 0 Å². The summed E-state index contributed by atoms with van der Waals surface area (Å²) in [6.45, 7) is 2.24. The van der Waals surface area contributed by atoms with Crippen LogP contribution < -0.4 is 10.1 Å². The lowest BCUT2D eigenvalue weighted by Crippen LogP contribution is -2.25. The largest absolute Gasteiger partial charge is 0.507 e. The van der Waals surface area contributed by atoms with Crippen molar-refractivity contribution in [3.8, 4) is 11.5 Å². The van der Waals surface area contributed by atoms with Gasteiger partial charge in [0.05, 0.1) is 13.2 Å². The molecular weight excluding hydrogens is 262 g/mol. The predicted molar refractivity (Wildman–Crippen MR) is 83.6 cm³/mol. The molecule has 21 heavy (non-hydrogen) atoms. The Hall–Kier alpha value is -2.00. The molecule has 0 radical (unpaired) electrons. The molecule has 0 aliphatic heterocycles. The molecule has 3 unspecified atom stereocenters. The lowest BCUT2D eigenvalue weighted by atomic mass is 9.97. The molecule has 110 valence electrons. The van der Waals surface area contributed by atoms with Crippen molar-refractivity contribution in [1.82, 2.24) is 5.32 Å². The number of phenolic OH excluding ortho intramolecular Hbond substituents is 1. The highest BCUT2D eigenvalue weighted by molar-refractivity contribution is 5.45. The summed E-state index contributed by atoms with van der Waals surface area (Å²) < 4.78 is 5.17. The molecule has 3 heteroatoms. The fourth-order valence-electron chi connectivity index (χ4n) is 2.67. The van der Waals surface area contributed by atoms with Gasteiger partial charge in [0.25, 0.3) is 0 Å². The zero-order chi connectivity index (χ0) is 14.8. The molecule has 3 rings (SSSR count). The van der Waals surface area contributed by atoms with Gasteiger partial charge in [0.15, 0.2) is 0 Å². The molecule has 0 saturated heterocycles. The fourth-order valence-corrected chi connectivity index (χ4v) is 2.67. The van der Waals surface area contributed by atoms with Gasteiger partial charge >= 0.3 is 0 Å². The van der Waals surface area contributed by atoms with E-state index >= 15 is 0 Å².